The molecule has 0 bridgehead atoms. The van der Waals surface area contributed by atoms with Crippen molar-refractivity contribution in [2.45, 2.75) is 32.7 Å². The first-order chi connectivity index (χ1) is 21.5. The predicted octanol–water partition coefficient (Wildman–Crippen LogP) is 3.30. The average Bonchev–Trinajstić information content (AvgIpc) is 3.52. The first-order valence-corrected chi connectivity index (χ1v) is 14.0. The molecule has 0 spiro atoms. The number of nitrogens with zero attached hydrogens (tertiary/aromatic N) is 4. The molecule has 15 heteroatoms. The fraction of sp³-hybridized carbons (Fsp3) is 0.200. The number of tetrazole rings is 1. The van der Waals surface area contributed by atoms with E-state index in [4.69, 9.17) is 16.7 Å². The van der Waals surface area contributed by atoms with Crippen LogP contribution in [0.1, 0.15) is 36.2 Å². The Hall–Kier alpha value is -5.63. The van der Waals surface area contributed by atoms with E-state index in [-0.39, 0.29) is 40.2 Å². The molecule has 0 saturated carbocycles. The first-order valence-electron chi connectivity index (χ1n) is 13.7. The number of amides is 4. The highest BCUT2D eigenvalue weighted by molar-refractivity contribution is 6.40. The molecular weight excluding hydrogens is 604 g/mol. The number of aromatic carboxylic acids is 1. The minimum absolute atomic E-state index is 0.0225. The maximum atomic E-state index is 13.3. The molecule has 0 aliphatic heterocycles. The van der Waals surface area contributed by atoms with Crippen molar-refractivity contribution in [3.63, 3.8) is 0 Å². The summed E-state index contributed by atoms with van der Waals surface area (Å²) in [5.41, 5.74) is 1.97. The van der Waals surface area contributed by atoms with Crippen molar-refractivity contribution < 1.29 is 29.1 Å². The predicted molar refractivity (Wildman–Crippen MR) is 165 cm³/mol. The Morgan fingerprint density at radius 2 is 1.53 bits per heavy atom. The molecule has 0 aliphatic rings. The van der Waals surface area contributed by atoms with Crippen LogP contribution in [-0.2, 0) is 25.6 Å². The second-order valence-electron chi connectivity index (χ2n) is 10.3. The van der Waals surface area contributed by atoms with Gasteiger partial charge in [-0.25, -0.2) is 4.79 Å². The van der Waals surface area contributed by atoms with Gasteiger partial charge in [0.25, 0.3) is 0 Å². The van der Waals surface area contributed by atoms with Crippen LogP contribution in [0, 0.1) is 5.92 Å². The third kappa shape index (κ3) is 9.18. The van der Waals surface area contributed by atoms with E-state index in [0.717, 1.165) is 0 Å². The number of carboxylic acid groups (broad SMARTS) is 1. The summed E-state index contributed by atoms with van der Waals surface area (Å²) in [6.45, 7) is 3.87. The van der Waals surface area contributed by atoms with Crippen molar-refractivity contribution in [1.29, 1.82) is 0 Å². The van der Waals surface area contributed by atoms with Gasteiger partial charge < -0.3 is 26.4 Å². The topological polar surface area (TPSA) is 197 Å². The Labute approximate surface area is 262 Å². The van der Waals surface area contributed by atoms with E-state index in [1.165, 1.54) is 41.3 Å². The summed E-state index contributed by atoms with van der Waals surface area (Å²) in [5.74, 6) is -3.93. The molecule has 0 aliphatic carbocycles. The lowest BCUT2D eigenvalue weighted by atomic mass is 10.0. The summed E-state index contributed by atoms with van der Waals surface area (Å²) < 4.78 is 1.27. The van der Waals surface area contributed by atoms with Gasteiger partial charge in [-0.05, 0) is 76.5 Å². The molecule has 4 rings (SSSR count). The number of carbonyl (C=O) groups is 5. The standard InChI is InChI=1S/C30H29ClN8O6/c1-17(2)13-26(40)33-21-8-3-18(4-9-21)14-24(27(41)34-22-10-5-19(6-11-22)30(44)45)36-29(43)28(42)35-23-15-20(31)7-12-25(23)39-16-32-37-38-39/h3-12,15-17,24H,13-14H2,1-2H3,(H,33,40)(H,34,41)(H,35,42)(H,36,43)(H,44,45). The SMILES string of the molecule is CC(C)CC(=O)Nc1ccc(CC(NC(=O)C(=O)Nc2cc(Cl)ccc2-n2cnnn2)C(=O)Nc2ccc(C(=O)O)cc2)cc1. The van der Waals surface area contributed by atoms with E-state index in [2.05, 4.69) is 36.8 Å². The molecule has 4 aromatic rings. The zero-order chi connectivity index (χ0) is 32.5. The van der Waals surface area contributed by atoms with Gasteiger partial charge in [0.15, 0.2) is 0 Å². The summed E-state index contributed by atoms with van der Waals surface area (Å²) in [4.78, 5) is 62.7. The molecule has 232 valence electrons. The summed E-state index contributed by atoms with van der Waals surface area (Å²) in [6, 6.07) is 15.4. The number of rotatable bonds is 11. The second-order valence-corrected chi connectivity index (χ2v) is 10.8. The summed E-state index contributed by atoms with van der Waals surface area (Å²) in [7, 11) is 0. The van der Waals surface area contributed by atoms with Crippen LogP contribution in [-0.4, -0.2) is 61.0 Å². The zero-order valence-electron chi connectivity index (χ0n) is 24.2. The highest BCUT2D eigenvalue weighted by Gasteiger charge is 2.26. The minimum Gasteiger partial charge on any atom is -0.478 e. The molecular formula is C30H29ClN8O6. The van der Waals surface area contributed by atoms with Gasteiger partial charge in [-0.3, -0.25) is 19.2 Å². The Balaban J connectivity index is 1.51. The van der Waals surface area contributed by atoms with Crippen molar-refractivity contribution in [3.8, 4) is 5.69 Å². The van der Waals surface area contributed by atoms with E-state index < -0.39 is 29.7 Å². The number of anilines is 3. The van der Waals surface area contributed by atoms with Crippen molar-refractivity contribution in [3.05, 3.63) is 89.2 Å². The largest absolute Gasteiger partial charge is 0.478 e. The molecule has 1 aromatic heterocycles. The quantitative estimate of drug-likeness (QED) is 0.154. The Bertz CT molecular complexity index is 1690. The smallest absolute Gasteiger partial charge is 0.335 e. The van der Waals surface area contributed by atoms with Gasteiger partial charge >= 0.3 is 17.8 Å². The molecule has 3 aromatic carbocycles. The van der Waals surface area contributed by atoms with E-state index in [9.17, 15) is 24.0 Å². The minimum atomic E-state index is -1.23. The molecule has 14 nitrogen and oxygen atoms in total. The highest BCUT2D eigenvalue weighted by Crippen LogP contribution is 2.24. The van der Waals surface area contributed by atoms with E-state index in [0.29, 0.717) is 23.4 Å². The molecule has 4 amide bonds. The van der Waals surface area contributed by atoms with Crippen molar-refractivity contribution in [2.75, 3.05) is 16.0 Å². The molecule has 1 unspecified atom stereocenters. The van der Waals surface area contributed by atoms with Crippen molar-refractivity contribution in [2.24, 2.45) is 5.92 Å². The maximum Gasteiger partial charge on any atom is 0.335 e. The van der Waals surface area contributed by atoms with Gasteiger partial charge in [0.05, 0.1) is 16.9 Å². The number of carbonyl (C=O) groups excluding carboxylic acids is 4. The van der Waals surface area contributed by atoms with Gasteiger partial charge in [0.1, 0.15) is 12.4 Å². The molecule has 0 saturated heterocycles. The van der Waals surface area contributed by atoms with Crippen LogP contribution < -0.4 is 21.3 Å². The van der Waals surface area contributed by atoms with Gasteiger partial charge in [-0.2, -0.15) is 4.68 Å². The van der Waals surface area contributed by atoms with Gasteiger partial charge in [-0.15, -0.1) is 5.10 Å². The van der Waals surface area contributed by atoms with Crippen LogP contribution in [0.2, 0.25) is 5.02 Å². The van der Waals surface area contributed by atoms with Crippen LogP contribution in [0.15, 0.2) is 73.1 Å². The van der Waals surface area contributed by atoms with Crippen LogP contribution >= 0.6 is 11.6 Å². The molecule has 0 fully saturated rings. The summed E-state index contributed by atoms with van der Waals surface area (Å²) in [5, 5.41) is 30.7. The van der Waals surface area contributed by atoms with Crippen LogP contribution in [0.3, 0.4) is 0 Å². The lowest BCUT2D eigenvalue weighted by Crippen LogP contribution is -2.49. The lowest BCUT2D eigenvalue weighted by Gasteiger charge is -2.19. The molecule has 0 radical (unpaired) electrons. The number of halogens is 1. The number of hydrogen-bond acceptors (Lipinski definition) is 8. The highest BCUT2D eigenvalue weighted by atomic mass is 35.5. The Kier molecular flexibility index (Phi) is 10.5. The van der Waals surface area contributed by atoms with Crippen LogP contribution in [0.5, 0.6) is 0 Å². The summed E-state index contributed by atoms with van der Waals surface area (Å²) >= 11 is 6.10. The number of aromatic nitrogens is 4. The van der Waals surface area contributed by atoms with Crippen LogP contribution in [0.25, 0.3) is 5.69 Å². The molecule has 5 N–H and O–H groups in total. The third-order valence-corrected chi connectivity index (χ3v) is 6.54. The fourth-order valence-corrected chi connectivity index (χ4v) is 4.33. The molecule has 45 heavy (non-hydrogen) atoms. The first kappa shape index (κ1) is 32.3. The Morgan fingerprint density at radius 3 is 2.16 bits per heavy atom. The third-order valence-electron chi connectivity index (χ3n) is 6.30. The molecule has 1 atom stereocenters. The van der Waals surface area contributed by atoms with Crippen molar-refractivity contribution in [1.82, 2.24) is 25.5 Å². The van der Waals surface area contributed by atoms with Crippen molar-refractivity contribution >= 4 is 58.3 Å². The van der Waals surface area contributed by atoms with Gasteiger partial charge in [0, 0.05) is 29.2 Å². The Morgan fingerprint density at radius 1 is 0.867 bits per heavy atom. The number of hydrogen-bond donors (Lipinski definition) is 5. The zero-order valence-corrected chi connectivity index (χ0v) is 24.9. The number of benzene rings is 3. The fourth-order valence-electron chi connectivity index (χ4n) is 4.16. The maximum absolute atomic E-state index is 13.3. The number of nitrogens with one attached hydrogen (secondary N) is 4. The van der Waals surface area contributed by atoms with Crippen LogP contribution in [0.4, 0.5) is 17.1 Å². The van der Waals surface area contributed by atoms with Gasteiger partial charge in [0.2, 0.25) is 11.8 Å². The lowest BCUT2D eigenvalue weighted by molar-refractivity contribution is -0.137. The van der Waals surface area contributed by atoms with Gasteiger partial charge in [-0.1, -0.05) is 37.6 Å². The molecule has 1 heterocycles. The number of carboxylic acids is 1. The normalized spacial score (nSPS) is 11.4. The van der Waals surface area contributed by atoms with E-state index in [1.807, 2.05) is 13.8 Å². The second kappa shape index (κ2) is 14.7. The monoisotopic (exact) mass is 632 g/mol. The summed E-state index contributed by atoms with van der Waals surface area (Å²) in [6.07, 6.45) is 1.63. The average molecular weight is 633 g/mol. The van der Waals surface area contributed by atoms with E-state index >= 15 is 0 Å². The van der Waals surface area contributed by atoms with E-state index in [1.54, 1.807) is 36.4 Å².